The van der Waals surface area contributed by atoms with Crippen molar-refractivity contribution < 1.29 is 4.79 Å². The topological polar surface area (TPSA) is 45.2 Å². The van der Waals surface area contributed by atoms with Gasteiger partial charge in [-0.15, -0.1) is 0 Å². The molecule has 0 bridgehead atoms. The molecule has 132 valence electrons. The number of nitrogens with zero attached hydrogens (tertiary/aromatic N) is 2. The van der Waals surface area contributed by atoms with Gasteiger partial charge in [0, 0.05) is 44.5 Å². The van der Waals surface area contributed by atoms with Gasteiger partial charge in [-0.3, -0.25) is 14.7 Å². The normalized spacial score (nSPS) is 20.9. The third kappa shape index (κ3) is 5.18. The van der Waals surface area contributed by atoms with Crippen LogP contribution in [-0.2, 0) is 11.3 Å². The van der Waals surface area contributed by atoms with Crippen LogP contribution in [0.5, 0.6) is 0 Å². The number of nitrogens with one attached hydrogen (secondary N) is 1. The summed E-state index contributed by atoms with van der Waals surface area (Å²) >= 11 is 6.19. The summed E-state index contributed by atoms with van der Waals surface area (Å²) in [6.45, 7) is 2.88. The average Bonchev–Trinajstić information content (AvgIpc) is 2.59. The number of likely N-dealkylation sites (tertiary alicyclic amines) is 1. The molecular formula is C19H28ClN3O. The molecule has 1 N–H and O–H groups in total. The van der Waals surface area contributed by atoms with E-state index in [1.807, 2.05) is 6.07 Å². The van der Waals surface area contributed by atoms with Gasteiger partial charge in [0.1, 0.15) is 0 Å². The first-order valence-electron chi connectivity index (χ1n) is 9.31. The highest BCUT2D eigenvalue weighted by Gasteiger charge is 2.23. The zero-order valence-electron chi connectivity index (χ0n) is 14.3. The van der Waals surface area contributed by atoms with Crippen molar-refractivity contribution in [2.75, 3.05) is 13.1 Å². The van der Waals surface area contributed by atoms with Crippen molar-refractivity contribution in [3.8, 4) is 0 Å². The highest BCUT2D eigenvalue weighted by Crippen LogP contribution is 2.26. The maximum Gasteiger partial charge on any atom is 0.220 e. The molecule has 1 amide bonds. The van der Waals surface area contributed by atoms with E-state index in [1.165, 1.54) is 32.1 Å². The first kappa shape index (κ1) is 17.7. The summed E-state index contributed by atoms with van der Waals surface area (Å²) in [5, 5.41) is 4.00. The Balaban J connectivity index is 1.38. The number of aromatic nitrogens is 1. The minimum absolute atomic E-state index is 0.262. The second-order valence-electron chi connectivity index (χ2n) is 7.29. The van der Waals surface area contributed by atoms with E-state index in [-0.39, 0.29) is 5.91 Å². The van der Waals surface area contributed by atoms with Crippen molar-refractivity contribution in [1.29, 1.82) is 0 Å². The number of piperidine rings is 1. The first-order chi connectivity index (χ1) is 11.7. The Hall–Kier alpha value is -1.13. The number of amides is 1. The summed E-state index contributed by atoms with van der Waals surface area (Å²) in [4.78, 5) is 18.7. The van der Waals surface area contributed by atoms with Crippen LogP contribution in [0.15, 0.2) is 18.5 Å². The number of halogens is 1. The summed E-state index contributed by atoms with van der Waals surface area (Å²) in [5.74, 6) is 0.880. The Morgan fingerprint density at radius 2 is 1.96 bits per heavy atom. The lowest BCUT2D eigenvalue weighted by molar-refractivity contribution is -0.123. The fourth-order valence-corrected chi connectivity index (χ4v) is 4.13. The van der Waals surface area contributed by atoms with Gasteiger partial charge >= 0.3 is 0 Å². The van der Waals surface area contributed by atoms with Crippen LogP contribution in [0, 0.1) is 5.92 Å². The molecule has 1 aliphatic carbocycles. The molecule has 0 spiro atoms. The number of hydrogen-bond donors (Lipinski definition) is 1. The standard InChI is InChI=1S/C19H28ClN3O/c20-18-13-21-9-6-16(18)14-23-10-7-17(8-11-23)22-19(24)12-15-4-2-1-3-5-15/h6,9,13,15,17H,1-5,7-8,10-12,14H2,(H,22,24). The molecule has 24 heavy (non-hydrogen) atoms. The Kier molecular flexibility index (Phi) is 6.50. The minimum atomic E-state index is 0.262. The van der Waals surface area contributed by atoms with Crippen molar-refractivity contribution >= 4 is 17.5 Å². The van der Waals surface area contributed by atoms with E-state index < -0.39 is 0 Å². The predicted octanol–water partition coefficient (Wildman–Crippen LogP) is 3.79. The fourth-order valence-electron chi connectivity index (χ4n) is 3.95. The van der Waals surface area contributed by atoms with Crippen LogP contribution < -0.4 is 5.32 Å². The van der Waals surface area contributed by atoms with Crippen molar-refractivity contribution in [1.82, 2.24) is 15.2 Å². The predicted molar refractivity (Wildman–Crippen MR) is 96.9 cm³/mol. The monoisotopic (exact) mass is 349 g/mol. The summed E-state index contributed by atoms with van der Waals surface area (Å²) in [5.41, 5.74) is 1.13. The average molecular weight is 350 g/mol. The van der Waals surface area contributed by atoms with Gasteiger partial charge in [-0.1, -0.05) is 30.9 Å². The largest absolute Gasteiger partial charge is 0.353 e. The number of carbonyl (C=O) groups is 1. The van der Waals surface area contributed by atoms with Crippen LogP contribution in [0.3, 0.4) is 0 Å². The first-order valence-corrected chi connectivity index (χ1v) is 9.68. The molecule has 1 aromatic rings. The highest BCUT2D eigenvalue weighted by atomic mass is 35.5. The van der Waals surface area contributed by atoms with Gasteiger partial charge in [0.25, 0.3) is 0 Å². The van der Waals surface area contributed by atoms with E-state index in [4.69, 9.17) is 11.6 Å². The molecule has 0 atom stereocenters. The number of rotatable bonds is 5. The van der Waals surface area contributed by atoms with Gasteiger partial charge < -0.3 is 5.32 Å². The van der Waals surface area contributed by atoms with E-state index >= 15 is 0 Å². The van der Waals surface area contributed by atoms with Crippen LogP contribution in [0.4, 0.5) is 0 Å². The molecule has 0 unspecified atom stereocenters. The Morgan fingerprint density at radius 3 is 2.67 bits per heavy atom. The Bertz CT molecular complexity index is 537. The summed E-state index contributed by atoms with van der Waals surface area (Å²) in [6.07, 6.45) is 12.7. The summed E-state index contributed by atoms with van der Waals surface area (Å²) in [6, 6.07) is 2.32. The van der Waals surface area contributed by atoms with Crippen molar-refractivity contribution in [3.63, 3.8) is 0 Å². The lowest BCUT2D eigenvalue weighted by Crippen LogP contribution is -2.44. The third-order valence-corrected chi connectivity index (χ3v) is 5.74. The van der Waals surface area contributed by atoms with Gasteiger partial charge in [0.2, 0.25) is 5.91 Å². The maximum absolute atomic E-state index is 12.2. The Morgan fingerprint density at radius 1 is 1.21 bits per heavy atom. The zero-order chi connectivity index (χ0) is 16.8. The fraction of sp³-hybridized carbons (Fsp3) is 0.684. The van der Waals surface area contributed by atoms with Crippen LogP contribution in [0.25, 0.3) is 0 Å². The molecule has 0 aromatic carbocycles. The second kappa shape index (κ2) is 8.82. The second-order valence-corrected chi connectivity index (χ2v) is 7.70. The molecule has 2 heterocycles. The molecule has 0 radical (unpaired) electrons. The third-order valence-electron chi connectivity index (χ3n) is 5.40. The smallest absolute Gasteiger partial charge is 0.220 e. The van der Waals surface area contributed by atoms with Gasteiger partial charge in [0.15, 0.2) is 0 Å². The molecule has 1 saturated carbocycles. The van der Waals surface area contributed by atoms with E-state index in [0.717, 1.165) is 49.5 Å². The molecule has 3 rings (SSSR count). The van der Waals surface area contributed by atoms with Crippen LogP contribution in [0.2, 0.25) is 5.02 Å². The minimum Gasteiger partial charge on any atom is -0.353 e. The van der Waals surface area contributed by atoms with Crippen molar-refractivity contribution in [3.05, 3.63) is 29.0 Å². The molecular weight excluding hydrogens is 322 g/mol. The van der Waals surface area contributed by atoms with Crippen molar-refractivity contribution in [2.45, 2.75) is 64.0 Å². The number of carbonyl (C=O) groups excluding carboxylic acids is 1. The molecule has 1 aliphatic heterocycles. The van der Waals surface area contributed by atoms with Gasteiger partial charge in [-0.25, -0.2) is 0 Å². The quantitative estimate of drug-likeness (QED) is 0.879. The lowest BCUT2D eigenvalue weighted by Gasteiger charge is -2.33. The number of pyridine rings is 1. The van der Waals surface area contributed by atoms with Crippen molar-refractivity contribution in [2.24, 2.45) is 5.92 Å². The van der Waals surface area contributed by atoms with Crippen LogP contribution in [0.1, 0.15) is 56.9 Å². The summed E-state index contributed by atoms with van der Waals surface area (Å²) in [7, 11) is 0. The summed E-state index contributed by atoms with van der Waals surface area (Å²) < 4.78 is 0. The zero-order valence-corrected chi connectivity index (χ0v) is 15.1. The number of hydrogen-bond acceptors (Lipinski definition) is 3. The Labute approximate surface area is 150 Å². The molecule has 2 aliphatic rings. The van der Waals surface area contributed by atoms with Gasteiger partial charge in [-0.2, -0.15) is 0 Å². The molecule has 5 heteroatoms. The maximum atomic E-state index is 12.2. The molecule has 1 aromatic heterocycles. The highest BCUT2D eigenvalue weighted by molar-refractivity contribution is 6.31. The molecule has 1 saturated heterocycles. The van der Waals surface area contributed by atoms with E-state index in [0.29, 0.717) is 12.0 Å². The van der Waals surface area contributed by atoms with Gasteiger partial charge in [-0.05, 0) is 43.2 Å². The van der Waals surface area contributed by atoms with E-state index in [9.17, 15) is 4.79 Å². The van der Waals surface area contributed by atoms with Gasteiger partial charge in [0.05, 0.1) is 5.02 Å². The lowest BCUT2D eigenvalue weighted by atomic mass is 9.86. The SMILES string of the molecule is O=C(CC1CCCCC1)NC1CCN(Cc2ccncc2Cl)CC1. The van der Waals surface area contributed by atoms with E-state index in [2.05, 4.69) is 15.2 Å². The van der Waals surface area contributed by atoms with E-state index in [1.54, 1.807) is 12.4 Å². The van der Waals surface area contributed by atoms with Crippen LogP contribution in [-0.4, -0.2) is 34.9 Å². The van der Waals surface area contributed by atoms with Crippen LogP contribution >= 0.6 is 11.6 Å². The molecule has 4 nitrogen and oxygen atoms in total. The molecule has 2 fully saturated rings.